The van der Waals surface area contributed by atoms with Gasteiger partial charge < -0.3 is 34.4 Å². The summed E-state index contributed by atoms with van der Waals surface area (Å²) in [7, 11) is 0. The maximum Gasteiger partial charge on any atom is 0.405 e. The lowest BCUT2D eigenvalue weighted by atomic mass is 9.92. The van der Waals surface area contributed by atoms with Crippen LogP contribution in [0.25, 0.3) is 22.6 Å². The zero-order valence-electron chi connectivity index (χ0n) is 31.3. The van der Waals surface area contributed by atoms with Gasteiger partial charge in [-0.1, -0.05) is 29.8 Å². The van der Waals surface area contributed by atoms with E-state index in [1.807, 2.05) is 34.5 Å². The number of ether oxygens (including phenoxy) is 1. The van der Waals surface area contributed by atoms with Crippen LogP contribution in [0.4, 0.5) is 13.2 Å². The number of hydrogen-bond donors (Lipinski definition) is 4. The standard InChI is InChI=1S/C42H43ClF3N5O7/c43-29-9-7-26(8-10-29)36-14-12-32(58-36)22-50-16-17-51(34(23-50)41(55)48-25-42(44,45)46)21-30(52)18-28(19-31-11-13-37(57-31)27-4-3-15-47-20-27)40(54)49-39-33-5-1-2-6-38(33)56-24-35(39)53/h1-15,20,28,30,34-35,39,52-53H,16-19,21-25H2,(H,48,55)(H,49,54)/t28-,30+,34+,35-,39+/m1/s1. The number of alkyl halides is 3. The Labute approximate surface area is 337 Å². The van der Waals surface area contributed by atoms with E-state index in [0.717, 1.165) is 11.1 Å². The summed E-state index contributed by atoms with van der Waals surface area (Å²) in [6, 6.07) is 23.1. The van der Waals surface area contributed by atoms with Crippen LogP contribution in [0, 0.1) is 5.92 Å². The highest BCUT2D eigenvalue weighted by Gasteiger charge is 2.38. The van der Waals surface area contributed by atoms with Gasteiger partial charge in [0.05, 0.1) is 18.7 Å². The fraction of sp³-hybridized carbons (Fsp3) is 0.357. The van der Waals surface area contributed by atoms with E-state index in [9.17, 15) is 33.0 Å². The molecule has 306 valence electrons. The summed E-state index contributed by atoms with van der Waals surface area (Å²) in [4.78, 5) is 35.2. The zero-order valence-corrected chi connectivity index (χ0v) is 32.0. The van der Waals surface area contributed by atoms with Gasteiger partial charge in [0.15, 0.2) is 0 Å². The van der Waals surface area contributed by atoms with Crippen molar-refractivity contribution in [3.63, 3.8) is 0 Å². The molecule has 2 amide bonds. The topological polar surface area (TPSA) is 154 Å². The predicted octanol–water partition coefficient (Wildman–Crippen LogP) is 5.64. The molecule has 5 heterocycles. The Kier molecular flexibility index (Phi) is 12.8. The molecule has 4 N–H and O–H groups in total. The predicted molar refractivity (Wildman–Crippen MR) is 207 cm³/mol. The molecule has 3 aromatic heterocycles. The number of rotatable bonds is 14. The minimum atomic E-state index is -4.62. The lowest BCUT2D eigenvalue weighted by Crippen LogP contribution is -2.60. The van der Waals surface area contributed by atoms with E-state index in [4.69, 9.17) is 25.2 Å². The van der Waals surface area contributed by atoms with E-state index in [1.165, 1.54) is 0 Å². The number of nitrogens with zero attached hydrogens (tertiary/aromatic N) is 3. The van der Waals surface area contributed by atoms with Crippen LogP contribution in [0.15, 0.2) is 106 Å². The van der Waals surface area contributed by atoms with E-state index in [-0.39, 0.29) is 39.1 Å². The number of carbonyl (C=O) groups is 2. The number of amides is 2. The number of para-hydroxylation sites is 1. The lowest BCUT2D eigenvalue weighted by Gasteiger charge is -2.41. The van der Waals surface area contributed by atoms with Gasteiger partial charge in [0, 0.05) is 72.6 Å². The number of halogens is 4. The number of nitrogens with one attached hydrogen (secondary N) is 2. The van der Waals surface area contributed by atoms with Gasteiger partial charge in [-0.15, -0.1) is 0 Å². The van der Waals surface area contributed by atoms with Crippen LogP contribution in [-0.4, -0.2) is 101 Å². The average molecular weight is 822 g/mol. The van der Waals surface area contributed by atoms with E-state index < -0.39 is 54.7 Å². The van der Waals surface area contributed by atoms with Gasteiger partial charge in [0.1, 0.15) is 54.1 Å². The van der Waals surface area contributed by atoms with Gasteiger partial charge >= 0.3 is 6.18 Å². The van der Waals surface area contributed by atoms with Gasteiger partial charge in [-0.3, -0.25) is 24.4 Å². The molecule has 0 radical (unpaired) electrons. The van der Waals surface area contributed by atoms with E-state index in [0.29, 0.717) is 52.5 Å². The molecule has 5 atom stereocenters. The van der Waals surface area contributed by atoms with Crippen molar-refractivity contribution in [2.75, 3.05) is 39.3 Å². The normalized spacial score (nSPS) is 19.8. The second kappa shape index (κ2) is 18.2. The van der Waals surface area contributed by atoms with Crippen LogP contribution in [0.3, 0.4) is 0 Å². The number of aromatic nitrogens is 1. The van der Waals surface area contributed by atoms with Crippen LogP contribution >= 0.6 is 11.6 Å². The molecule has 2 aliphatic heterocycles. The van der Waals surface area contributed by atoms with Crippen molar-refractivity contribution in [3.8, 4) is 28.4 Å². The maximum absolute atomic E-state index is 14.1. The number of piperazine rings is 1. The highest BCUT2D eigenvalue weighted by atomic mass is 35.5. The minimum absolute atomic E-state index is 0.0326. The summed E-state index contributed by atoms with van der Waals surface area (Å²) >= 11 is 6.02. The third kappa shape index (κ3) is 10.5. The zero-order chi connectivity index (χ0) is 40.8. The van der Waals surface area contributed by atoms with Crippen LogP contribution < -0.4 is 15.4 Å². The van der Waals surface area contributed by atoms with Crippen molar-refractivity contribution in [3.05, 3.63) is 119 Å². The molecule has 5 aromatic rings. The van der Waals surface area contributed by atoms with Crippen molar-refractivity contribution in [1.29, 1.82) is 0 Å². The van der Waals surface area contributed by atoms with Crippen LogP contribution in [0.2, 0.25) is 5.02 Å². The van der Waals surface area contributed by atoms with Gasteiger partial charge in [-0.2, -0.15) is 13.2 Å². The molecule has 0 unspecified atom stereocenters. The van der Waals surface area contributed by atoms with Crippen molar-refractivity contribution < 1.29 is 46.5 Å². The Morgan fingerprint density at radius 3 is 2.43 bits per heavy atom. The Balaban J connectivity index is 1.06. The van der Waals surface area contributed by atoms with E-state index >= 15 is 0 Å². The summed E-state index contributed by atoms with van der Waals surface area (Å²) in [5, 5.41) is 28.0. The molecular formula is C42H43ClF3N5O7. The molecule has 1 saturated heterocycles. The monoisotopic (exact) mass is 821 g/mol. The number of β-amino-alcohol motifs (C(OH)–C–C–N with tert-alkyl or cyclic N) is 1. The summed E-state index contributed by atoms with van der Waals surface area (Å²) in [5.74, 6) is 0.582. The molecule has 0 bridgehead atoms. The number of hydrogen-bond acceptors (Lipinski definition) is 10. The van der Waals surface area contributed by atoms with E-state index in [1.54, 1.807) is 78.0 Å². The quantitative estimate of drug-likeness (QED) is 0.111. The fourth-order valence-electron chi connectivity index (χ4n) is 7.39. The molecular weight excluding hydrogens is 779 g/mol. The first-order valence-corrected chi connectivity index (χ1v) is 19.3. The van der Waals surface area contributed by atoms with Crippen molar-refractivity contribution in [2.45, 2.75) is 49.9 Å². The van der Waals surface area contributed by atoms with Gasteiger partial charge in [-0.25, -0.2) is 0 Å². The summed E-state index contributed by atoms with van der Waals surface area (Å²) in [6.45, 7) is -0.640. The molecule has 0 aliphatic carbocycles. The largest absolute Gasteiger partial charge is 0.490 e. The molecule has 12 nitrogen and oxygen atoms in total. The number of aliphatic hydroxyl groups is 2. The molecule has 2 aromatic carbocycles. The fourth-order valence-corrected chi connectivity index (χ4v) is 7.52. The second-order valence-corrected chi connectivity index (χ2v) is 15.0. The van der Waals surface area contributed by atoms with Gasteiger partial charge in [0.25, 0.3) is 0 Å². The van der Waals surface area contributed by atoms with E-state index in [2.05, 4.69) is 10.3 Å². The molecule has 58 heavy (non-hydrogen) atoms. The number of carbonyl (C=O) groups excluding carboxylic acids is 2. The molecule has 7 rings (SSSR count). The van der Waals surface area contributed by atoms with Gasteiger partial charge in [-0.05, 0) is 73.2 Å². The second-order valence-electron chi connectivity index (χ2n) is 14.6. The number of aliphatic hydroxyl groups excluding tert-OH is 2. The lowest BCUT2D eigenvalue weighted by molar-refractivity contribution is -0.143. The minimum Gasteiger partial charge on any atom is -0.490 e. The first-order chi connectivity index (χ1) is 27.9. The highest BCUT2D eigenvalue weighted by Crippen LogP contribution is 2.33. The maximum atomic E-state index is 14.1. The third-order valence-corrected chi connectivity index (χ3v) is 10.5. The smallest absolute Gasteiger partial charge is 0.405 e. The first kappa shape index (κ1) is 41.0. The first-order valence-electron chi connectivity index (χ1n) is 18.9. The third-order valence-electron chi connectivity index (χ3n) is 10.3. The molecule has 0 spiro atoms. The Morgan fingerprint density at radius 1 is 0.931 bits per heavy atom. The summed E-state index contributed by atoms with van der Waals surface area (Å²) in [5.41, 5.74) is 2.16. The molecule has 2 aliphatic rings. The van der Waals surface area contributed by atoms with Crippen molar-refractivity contribution in [1.82, 2.24) is 25.4 Å². The molecule has 0 saturated carbocycles. The number of pyridine rings is 1. The highest BCUT2D eigenvalue weighted by molar-refractivity contribution is 6.30. The number of furan rings is 2. The Bertz CT molecular complexity index is 2150. The Hall–Kier alpha value is -5.19. The van der Waals surface area contributed by atoms with Gasteiger partial charge in [0.2, 0.25) is 11.8 Å². The van der Waals surface area contributed by atoms with Crippen LogP contribution in [0.1, 0.15) is 29.5 Å². The molecule has 16 heteroatoms. The Morgan fingerprint density at radius 2 is 1.67 bits per heavy atom. The SMILES string of the molecule is O=C(N[C@H]1c2ccccc2OC[C@H]1O)[C@@H](Cc1ccc(-c2cccnc2)o1)C[C@H](O)CN1CCN(Cc2ccc(-c3ccc(Cl)cc3)o2)C[C@H]1C(=O)NCC(F)(F)F. The van der Waals surface area contributed by atoms with Crippen molar-refractivity contribution in [2.24, 2.45) is 5.92 Å². The summed E-state index contributed by atoms with van der Waals surface area (Å²) in [6.07, 6.45) is -3.58. The van der Waals surface area contributed by atoms with Crippen LogP contribution in [-0.2, 0) is 22.6 Å². The summed E-state index contributed by atoms with van der Waals surface area (Å²) < 4.78 is 57.5. The molecule has 1 fully saturated rings. The van der Waals surface area contributed by atoms with Crippen LogP contribution in [0.5, 0.6) is 5.75 Å². The number of benzene rings is 2. The average Bonchev–Trinajstić information content (AvgIpc) is 3.89. The van der Waals surface area contributed by atoms with Crippen molar-refractivity contribution >= 4 is 23.4 Å². The number of fused-ring (bicyclic) bond motifs is 1.